The lowest BCUT2D eigenvalue weighted by Crippen LogP contribution is -2.02. The minimum absolute atomic E-state index is 0.725. The van der Waals surface area contributed by atoms with E-state index in [1.54, 1.807) is 7.11 Å². The van der Waals surface area contributed by atoms with Crippen molar-refractivity contribution < 1.29 is 4.74 Å². The van der Waals surface area contributed by atoms with Crippen LogP contribution in [0.25, 0.3) is 27.5 Å². The van der Waals surface area contributed by atoms with Crippen LogP contribution < -0.4 is 10.1 Å². The van der Waals surface area contributed by atoms with Crippen molar-refractivity contribution in [2.45, 2.75) is 13.3 Å². The molecule has 6 rings (SSSR count). The van der Waals surface area contributed by atoms with Crippen molar-refractivity contribution in [2.24, 2.45) is 0 Å². The fraction of sp³-hybridized carbons (Fsp3) is 0.100. The molecule has 2 heterocycles. The number of nitrogens with zero attached hydrogens (tertiary/aromatic N) is 4. The van der Waals surface area contributed by atoms with Crippen LogP contribution >= 0.6 is 0 Å². The van der Waals surface area contributed by atoms with E-state index in [9.17, 15) is 0 Å². The Bertz CT molecular complexity index is 1690. The number of anilines is 2. The Morgan fingerprint density at radius 1 is 0.806 bits per heavy atom. The van der Waals surface area contributed by atoms with E-state index >= 15 is 0 Å². The Kier molecular flexibility index (Phi) is 5.54. The van der Waals surface area contributed by atoms with Crippen LogP contribution in [0.5, 0.6) is 5.75 Å². The second kappa shape index (κ2) is 9.15. The molecule has 2 aromatic heterocycles. The van der Waals surface area contributed by atoms with Crippen molar-refractivity contribution in [3.05, 3.63) is 114 Å². The summed E-state index contributed by atoms with van der Waals surface area (Å²) in [6.07, 6.45) is 0.736. The standard InChI is InChI=1S/C30H25N5O/c1-20-31-26-19-22(16-17-27(26)35(20)28-14-8-9-15-29(28)36-2)32-30-24-13-7-6-12-23(24)25(33-34-30)18-21-10-4-3-5-11-21/h3-17,19H,18H2,1-2H3,(H,32,34). The zero-order chi connectivity index (χ0) is 24.5. The quantitative estimate of drug-likeness (QED) is 0.296. The SMILES string of the molecule is COc1ccccc1-n1c(C)nc2cc(Nc3nnc(Cc4ccccc4)c4ccccc34)ccc21. The molecule has 0 bridgehead atoms. The number of fused-ring (bicyclic) bond motifs is 2. The van der Waals surface area contributed by atoms with E-state index in [0.29, 0.717) is 0 Å². The highest BCUT2D eigenvalue weighted by molar-refractivity contribution is 5.95. The second-order valence-electron chi connectivity index (χ2n) is 8.70. The minimum atomic E-state index is 0.725. The van der Waals surface area contributed by atoms with E-state index in [1.807, 2.05) is 73.7 Å². The average Bonchev–Trinajstić information content (AvgIpc) is 3.25. The van der Waals surface area contributed by atoms with Crippen molar-refractivity contribution in [1.29, 1.82) is 0 Å². The molecule has 0 aliphatic heterocycles. The Balaban J connectivity index is 1.37. The first-order chi connectivity index (χ1) is 17.7. The summed E-state index contributed by atoms with van der Waals surface area (Å²) in [4.78, 5) is 4.82. The molecule has 4 aromatic carbocycles. The number of nitrogens with one attached hydrogen (secondary N) is 1. The highest BCUT2D eigenvalue weighted by Gasteiger charge is 2.15. The Morgan fingerprint density at radius 3 is 2.39 bits per heavy atom. The van der Waals surface area contributed by atoms with E-state index in [-0.39, 0.29) is 0 Å². The molecule has 0 radical (unpaired) electrons. The van der Waals surface area contributed by atoms with Crippen LogP contribution in [0.1, 0.15) is 17.1 Å². The molecule has 6 heteroatoms. The number of rotatable bonds is 6. The Morgan fingerprint density at radius 2 is 1.56 bits per heavy atom. The smallest absolute Gasteiger partial charge is 0.160 e. The third kappa shape index (κ3) is 3.92. The van der Waals surface area contributed by atoms with Crippen LogP contribution in [-0.2, 0) is 6.42 Å². The van der Waals surface area contributed by atoms with Crippen LogP contribution in [0.4, 0.5) is 11.5 Å². The molecule has 0 saturated carbocycles. The number of methoxy groups -OCH3 is 1. The fourth-order valence-corrected chi connectivity index (χ4v) is 4.71. The van der Waals surface area contributed by atoms with Crippen LogP contribution in [0.3, 0.4) is 0 Å². The van der Waals surface area contributed by atoms with Gasteiger partial charge < -0.3 is 10.1 Å². The molecule has 0 spiro atoms. The lowest BCUT2D eigenvalue weighted by atomic mass is 10.0. The van der Waals surface area contributed by atoms with Gasteiger partial charge in [-0.1, -0.05) is 66.7 Å². The molecule has 0 fully saturated rings. The highest BCUT2D eigenvalue weighted by Crippen LogP contribution is 2.31. The predicted octanol–water partition coefficient (Wildman–Crippen LogP) is 6.62. The average molecular weight is 472 g/mol. The van der Waals surface area contributed by atoms with E-state index in [4.69, 9.17) is 9.72 Å². The maximum Gasteiger partial charge on any atom is 0.160 e. The summed E-state index contributed by atoms with van der Waals surface area (Å²) in [6.45, 7) is 2.00. The van der Waals surface area contributed by atoms with Crippen molar-refractivity contribution in [2.75, 3.05) is 12.4 Å². The number of hydrogen-bond donors (Lipinski definition) is 1. The monoisotopic (exact) mass is 471 g/mol. The summed E-state index contributed by atoms with van der Waals surface area (Å²) in [5.74, 6) is 2.42. The molecule has 36 heavy (non-hydrogen) atoms. The van der Waals surface area contributed by atoms with Crippen LogP contribution in [-0.4, -0.2) is 26.9 Å². The van der Waals surface area contributed by atoms with Gasteiger partial charge in [0.25, 0.3) is 0 Å². The van der Waals surface area contributed by atoms with Crippen molar-refractivity contribution in [3.8, 4) is 11.4 Å². The third-order valence-electron chi connectivity index (χ3n) is 6.39. The molecule has 0 atom stereocenters. The van der Waals surface area contributed by atoms with Crippen LogP contribution in [0.2, 0.25) is 0 Å². The van der Waals surface area contributed by atoms with Gasteiger partial charge in [-0.05, 0) is 42.8 Å². The van der Waals surface area contributed by atoms with Crippen molar-refractivity contribution in [1.82, 2.24) is 19.7 Å². The summed E-state index contributed by atoms with van der Waals surface area (Å²) in [5.41, 5.74) is 5.94. The maximum atomic E-state index is 5.59. The predicted molar refractivity (Wildman–Crippen MR) is 144 cm³/mol. The molecule has 0 unspecified atom stereocenters. The largest absolute Gasteiger partial charge is 0.495 e. The zero-order valence-corrected chi connectivity index (χ0v) is 20.1. The van der Waals surface area contributed by atoms with Gasteiger partial charge in [0.1, 0.15) is 11.6 Å². The summed E-state index contributed by atoms with van der Waals surface area (Å²) >= 11 is 0. The van der Waals surface area contributed by atoms with E-state index in [0.717, 1.165) is 62.7 Å². The van der Waals surface area contributed by atoms with Gasteiger partial charge in [0, 0.05) is 22.9 Å². The number of aryl methyl sites for hydroxylation is 1. The number of ether oxygens (including phenoxy) is 1. The summed E-state index contributed by atoms with van der Waals surface area (Å²) in [6, 6.07) is 32.8. The first kappa shape index (κ1) is 21.8. The topological polar surface area (TPSA) is 64.9 Å². The van der Waals surface area contributed by atoms with E-state index in [1.165, 1.54) is 5.56 Å². The summed E-state index contributed by atoms with van der Waals surface area (Å²) < 4.78 is 7.70. The van der Waals surface area contributed by atoms with E-state index < -0.39 is 0 Å². The van der Waals surface area contributed by atoms with Gasteiger partial charge in [-0.3, -0.25) is 4.57 Å². The molecule has 0 aliphatic rings. The molecule has 0 aliphatic carbocycles. The molecule has 0 saturated heterocycles. The molecule has 0 amide bonds. The van der Waals surface area contributed by atoms with E-state index in [2.05, 4.69) is 50.4 Å². The number of hydrogen-bond acceptors (Lipinski definition) is 5. The molecule has 176 valence electrons. The number of aromatic nitrogens is 4. The first-order valence-electron chi connectivity index (χ1n) is 11.9. The lowest BCUT2D eigenvalue weighted by molar-refractivity contribution is 0.413. The van der Waals surface area contributed by atoms with Gasteiger partial charge in [-0.15, -0.1) is 5.10 Å². The van der Waals surface area contributed by atoms with Crippen LogP contribution in [0.15, 0.2) is 97.1 Å². The van der Waals surface area contributed by atoms with Crippen molar-refractivity contribution in [3.63, 3.8) is 0 Å². The molecule has 1 N–H and O–H groups in total. The number of imidazole rings is 1. The maximum absolute atomic E-state index is 5.59. The zero-order valence-electron chi connectivity index (χ0n) is 20.1. The van der Waals surface area contributed by atoms with Gasteiger partial charge >= 0.3 is 0 Å². The van der Waals surface area contributed by atoms with Gasteiger partial charge in [0.15, 0.2) is 5.82 Å². The molecule has 6 aromatic rings. The second-order valence-corrected chi connectivity index (χ2v) is 8.70. The molecular formula is C30H25N5O. The first-order valence-corrected chi connectivity index (χ1v) is 11.9. The normalized spacial score (nSPS) is 11.2. The summed E-state index contributed by atoms with van der Waals surface area (Å²) in [7, 11) is 1.69. The highest BCUT2D eigenvalue weighted by atomic mass is 16.5. The Hall–Kier alpha value is -4.71. The Labute approximate surface area is 209 Å². The summed E-state index contributed by atoms with van der Waals surface area (Å²) in [5, 5.41) is 14.8. The van der Waals surface area contributed by atoms with Gasteiger partial charge in [-0.25, -0.2) is 4.98 Å². The molecular weight excluding hydrogens is 446 g/mol. The van der Waals surface area contributed by atoms with Gasteiger partial charge in [0.05, 0.1) is 29.5 Å². The van der Waals surface area contributed by atoms with Crippen LogP contribution in [0, 0.1) is 6.92 Å². The van der Waals surface area contributed by atoms with Gasteiger partial charge in [-0.2, -0.15) is 5.10 Å². The lowest BCUT2D eigenvalue weighted by Gasteiger charge is -2.13. The fourth-order valence-electron chi connectivity index (χ4n) is 4.71. The molecule has 6 nitrogen and oxygen atoms in total. The minimum Gasteiger partial charge on any atom is -0.495 e. The van der Waals surface area contributed by atoms with Gasteiger partial charge in [0.2, 0.25) is 0 Å². The number of para-hydroxylation sites is 2. The third-order valence-corrected chi connectivity index (χ3v) is 6.39. The van der Waals surface area contributed by atoms with Crippen molar-refractivity contribution >= 4 is 33.3 Å². The number of benzene rings is 4.